The van der Waals surface area contributed by atoms with Gasteiger partial charge in [0, 0.05) is 10.0 Å². The van der Waals surface area contributed by atoms with Gasteiger partial charge in [-0.3, -0.25) is 4.90 Å². The Balaban J connectivity index is 2.03. The van der Waals surface area contributed by atoms with Gasteiger partial charge in [-0.25, -0.2) is 4.68 Å². The summed E-state index contributed by atoms with van der Waals surface area (Å²) in [6.07, 6.45) is 8.72. The number of tetrazole rings is 1. The number of benzene rings is 1. The van der Waals surface area contributed by atoms with Gasteiger partial charge in [0.1, 0.15) is 0 Å². The van der Waals surface area contributed by atoms with Gasteiger partial charge in [0.2, 0.25) is 0 Å². The molecule has 0 radical (unpaired) electrons. The summed E-state index contributed by atoms with van der Waals surface area (Å²) < 4.78 is 2.01. The van der Waals surface area contributed by atoms with E-state index in [1.165, 1.54) is 12.8 Å². The average Bonchev–Trinajstić information content (AvgIpc) is 3.25. The van der Waals surface area contributed by atoms with Crippen molar-refractivity contribution in [3.8, 4) is 0 Å². The average molecular weight is 422 g/mol. The zero-order valence-corrected chi connectivity index (χ0v) is 18.8. The first-order valence-corrected chi connectivity index (χ1v) is 10.5. The molecule has 0 bridgehead atoms. The Morgan fingerprint density at radius 1 is 1.18 bits per heavy atom. The molecular weight excluding hydrogens is 393 g/mol. The monoisotopic (exact) mass is 421 g/mol. The number of hydrogen-bond acceptors (Lipinski definition) is 4. The van der Waals surface area contributed by atoms with Gasteiger partial charge in [0.05, 0.1) is 11.6 Å². The predicted octanol–water partition coefficient (Wildman–Crippen LogP) is 5.61. The van der Waals surface area contributed by atoms with Crippen LogP contribution in [0.5, 0.6) is 0 Å². The maximum absolute atomic E-state index is 6.36. The third kappa shape index (κ3) is 4.12. The summed E-state index contributed by atoms with van der Waals surface area (Å²) >= 11 is 12.4. The van der Waals surface area contributed by atoms with Gasteiger partial charge in [-0.2, -0.15) is 0 Å². The minimum Gasteiger partial charge on any atom is -0.297 e. The second-order valence-electron chi connectivity index (χ2n) is 8.92. The first-order chi connectivity index (χ1) is 13.1. The van der Waals surface area contributed by atoms with E-state index in [0.29, 0.717) is 10.0 Å². The summed E-state index contributed by atoms with van der Waals surface area (Å²) in [5, 5.41) is 14.3. The number of nitrogens with zero attached hydrogens (tertiary/aromatic N) is 5. The van der Waals surface area contributed by atoms with E-state index in [0.717, 1.165) is 24.2 Å². The number of allylic oxidation sites excluding steroid dienone is 1. The van der Waals surface area contributed by atoms with Crippen LogP contribution in [-0.4, -0.2) is 39.2 Å². The molecule has 1 saturated carbocycles. The Labute approximate surface area is 177 Å². The largest absolute Gasteiger partial charge is 0.297 e. The second kappa shape index (κ2) is 8.13. The highest BCUT2D eigenvalue weighted by molar-refractivity contribution is 6.35. The molecule has 0 spiro atoms. The van der Waals surface area contributed by atoms with Crippen molar-refractivity contribution in [2.75, 3.05) is 14.1 Å². The van der Waals surface area contributed by atoms with E-state index in [2.05, 4.69) is 61.4 Å². The predicted molar refractivity (Wildman–Crippen MR) is 116 cm³/mol. The molecule has 0 N–H and O–H groups in total. The fraction of sp³-hybridized carbons (Fsp3) is 0.571. The van der Waals surface area contributed by atoms with Crippen molar-refractivity contribution in [1.29, 1.82) is 0 Å². The van der Waals surface area contributed by atoms with Crippen LogP contribution in [-0.2, 0) is 5.54 Å². The molecule has 0 amide bonds. The highest BCUT2D eigenvalue weighted by atomic mass is 35.5. The number of aromatic nitrogens is 4. The van der Waals surface area contributed by atoms with Gasteiger partial charge in [0.15, 0.2) is 5.82 Å². The standard InChI is InChI=1S/C21H29Cl2N5/c1-20(2,3)18(11-9-15-8-10-16(22)14-17(15)23)28-19(24-25-26-28)21(27(4)5)12-6-7-13-21/h8-11,14,18H,6-7,12-13H2,1-5H3/t18-/m1/s1. The molecule has 7 heteroatoms. The summed E-state index contributed by atoms with van der Waals surface area (Å²) in [6, 6.07) is 5.53. The smallest absolute Gasteiger partial charge is 0.172 e. The summed E-state index contributed by atoms with van der Waals surface area (Å²) in [5.74, 6) is 0.946. The Morgan fingerprint density at radius 3 is 2.43 bits per heavy atom. The first-order valence-electron chi connectivity index (χ1n) is 9.74. The van der Waals surface area contributed by atoms with E-state index in [1.54, 1.807) is 6.07 Å². The van der Waals surface area contributed by atoms with E-state index in [-0.39, 0.29) is 17.0 Å². The molecule has 0 saturated heterocycles. The van der Waals surface area contributed by atoms with Crippen molar-refractivity contribution in [2.45, 2.75) is 58.0 Å². The fourth-order valence-electron chi connectivity index (χ4n) is 4.09. The first kappa shape index (κ1) is 21.3. The van der Waals surface area contributed by atoms with Crippen LogP contribution in [0.3, 0.4) is 0 Å². The summed E-state index contributed by atoms with van der Waals surface area (Å²) in [7, 11) is 4.25. The molecule has 0 unspecified atom stereocenters. The van der Waals surface area contributed by atoms with Crippen molar-refractivity contribution >= 4 is 29.3 Å². The molecule has 1 aliphatic rings. The van der Waals surface area contributed by atoms with Crippen molar-refractivity contribution in [1.82, 2.24) is 25.1 Å². The minimum absolute atomic E-state index is 0.0123. The molecule has 1 heterocycles. The Kier molecular flexibility index (Phi) is 6.18. The third-order valence-corrected chi connectivity index (χ3v) is 6.33. The van der Waals surface area contributed by atoms with Crippen LogP contribution in [0.1, 0.15) is 63.9 Å². The molecule has 2 aromatic rings. The van der Waals surface area contributed by atoms with Crippen LogP contribution in [0.2, 0.25) is 10.0 Å². The molecule has 152 valence electrons. The van der Waals surface area contributed by atoms with E-state index in [9.17, 15) is 0 Å². The molecule has 1 aliphatic carbocycles. The van der Waals surface area contributed by atoms with Gasteiger partial charge >= 0.3 is 0 Å². The van der Waals surface area contributed by atoms with Crippen LogP contribution < -0.4 is 0 Å². The van der Waals surface area contributed by atoms with Crippen molar-refractivity contribution in [2.24, 2.45) is 5.41 Å². The molecule has 5 nitrogen and oxygen atoms in total. The summed E-state index contributed by atoms with van der Waals surface area (Å²) in [6.45, 7) is 6.61. The molecule has 3 rings (SSSR count). The van der Waals surface area contributed by atoms with Crippen LogP contribution in [0.4, 0.5) is 0 Å². The minimum atomic E-state index is -0.112. The molecule has 1 atom stereocenters. The van der Waals surface area contributed by atoms with Gasteiger partial charge in [-0.05, 0) is 60.5 Å². The highest BCUT2D eigenvalue weighted by Gasteiger charge is 2.44. The van der Waals surface area contributed by atoms with Crippen LogP contribution in [0.25, 0.3) is 6.08 Å². The lowest BCUT2D eigenvalue weighted by molar-refractivity contribution is 0.130. The molecule has 1 fully saturated rings. The SMILES string of the molecule is CN(C)C1(c2nnnn2[C@H](C=Cc2ccc(Cl)cc2Cl)C(C)(C)C)CCCC1. The maximum atomic E-state index is 6.36. The number of hydrogen-bond donors (Lipinski definition) is 0. The van der Waals surface area contributed by atoms with Crippen LogP contribution in [0, 0.1) is 5.41 Å². The van der Waals surface area contributed by atoms with Gasteiger partial charge in [-0.15, -0.1) is 5.10 Å². The van der Waals surface area contributed by atoms with Crippen molar-refractivity contribution in [3.63, 3.8) is 0 Å². The van der Waals surface area contributed by atoms with E-state index in [1.807, 2.05) is 22.9 Å². The Bertz CT molecular complexity index is 845. The van der Waals surface area contributed by atoms with E-state index < -0.39 is 0 Å². The van der Waals surface area contributed by atoms with Gasteiger partial charge in [-0.1, -0.05) is 75.0 Å². The Morgan fingerprint density at radius 2 is 1.86 bits per heavy atom. The topological polar surface area (TPSA) is 46.8 Å². The molecule has 1 aromatic heterocycles. The van der Waals surface area contributed by atoms with Gasteiger partial charge < -0.3 is 0 Å². The Hall–Kier alpha value is -1.43. The zero-order valence-electron chi connectivity index (χ0n) is 17.3. The number of rotatable bonds is 5. The van der Waals surface area contributed by atoms with Crippen molar-refractivity contribution in [3.05, 3.63) is 45.7 Å². The van der Waals surface area contributed by atoms with Gasteiger partial charge in [0.25, 0.3) is 0 Å². The van der Waals surface area contributed by atoms with E-state index in [4.69, 9.17) is 23.2 Å². The highest BCUT2D eigenvalue weighted by Crippen LogP contribution is 2.43. The van der Waals surface area contributed by atoms with Crippen molar-refractivity contribution < 1.29 is 0 Å². The molecule has 28 heavy (non-hydrogen) atoms. The molecular formula is C21H29Cl2N5. The quantitative estimate of drug-likeness (QED) is 0.628. The van der Waals surface area contributed by atoms with Crippen LogP contribution in [0.15, 0.2) is 24.3 Å². The third-order valence-electron chi connectivity index (χ3n) is 5.77. The zero-order chi connectivity index (χ0) is 20.5. The summed E-state index contributed by atoms with van der Waals surface area (Å²) in [5.41, 5.74) is 0.739. The fourth-order valence-corrected chi connectivity index (χ4v) is 4.56. The molecule has 0 aliphatic heterocycles. The van der Waals surface area contributed by atoms with Crippen LogP contribution >= 0.6 is 23.2 Å². The number of halogens is 2. The lowest BCUT2D eigenvalue weighted by atomic mass is 9.85. The normalized spacial score (nSPS) is 18.3. The lowest BCUT2D eigenvalue weighted by Crippen LogP contribution is -2.42. The summed E-state index contributed by atoms with van der Waals surface area (Å²) in [4.78, 5) is 2.28. The second-order valence-corrected chi connectivity index (χ2v) is 9.76. The maximum Gasteiger partial charge on any atom is 0.172 e. The lowest BCUT2D eigenvalue weighted by Gasteiger charge is -2.37. The van der Waals surface area contributed by atoms with E-state index >= 15 is 0 Å². The molecule has 1 aromatic carbocycles.